The number of anilines is 2. The van der Waals surface area contributed by atoms with Crippen LogP contribution in [0.4, 0.5) is 33.0 Å². The van der Waals surface area contributed by atoms with Gasteiger partial charge in [0.2, 0.25) is 0 Å². The van der Waals surface area contributed by atoms with Gasteiger partial charge in [0.25, 0.3) is 0 Å². The van der Waals surface area contributed by atoms with Gasteiger partial charge in [-0.25, -0.2) is 17.5 Å². The van der Waals surface area contributed by atoms with E-state index in [0.717, 1.165) is 46.1 Å². The summed E-state index contributed by atoms with van der Waals surface area (Å²) in [6.07, 6.45) is 4.93. The van der Waals surface area contributed by atoms with Crippen LogP contribution in [0.1, 0.15) is 26.7 Å². The summed E-state index contributed by atoms with van der Waals surface area (Å²) in [6.45, 7) is 6.99. The lowest BCUT2D eigenvalue weighted by atomic mass is 10.2. The number of aryl methyl sites for hydroxylation is 2. The van der Waals surface area contributed by atoms with Crippen LogP contribution in [0, 0.1) is 0 Å². The lowest BCUT2D eigenvalue weighted by Gasteiger charge is -2.23. The highest BCUT2D eigenvalue weighted by Gasteiger charge is 2.14. The summed E-state index contributed by atoms with van der Waals surface area (Å²) in [7, 11) is -0.212. The van der Waals surface area contributed by atoms with Gasteiger partial charge in [-0.05, 0) is 108 Å². The molecule has 2 aromatic carbocycles. The van der Waals surface area contributed by atoms with Crippen molar-refractivity contribution in [3.05, 3.63) is 71.7 Å². The van der Waals surface area contributed by atoms with Crippen molar-refractivity contribution < 1.29 is 25.9 Å². The molecule has 4 rings (SSSR count). The van der Waals surface area contributed by atoms with Crippen LogP contribution in [-0.4, -0.2) is 47.8 Å². The minimum Gasteiger partial charge on any atom is -0.372 e. The fraction of sp³-hybridized carbons (Fsp3) is 0.400. The Balaban J connectivity index is 1.15. The Morgan fingerprint density at radius 3 is 1.40 bits per heavy atom. The molecule has 0 unspecified atom stereocenters. The van der Waals surface area contributed by atoms with Crippen LogP contribution in [0.15, 0.2) is 92.1 Å². The van der Waals surface area contributed by atoms with E-state index in [-0.39, 0.29) is 13.2 Å². The van der Waals surface area contributed by atoms with Gasteiger partial charge in [-0.1, -0.05) is 0 Å². The van der Waals surface area contributed by atoms with Crippen molar-refractivity contribution in [1.82, 2.24) is 0 Å². The molecule has 0 atom stereocenters. The standard InChI is InChI=1S/C30H40N8O4S3/c1-5-37(27-13-9-25(10-14-27)31-33-29-35(3)19-23-43-29)17-7-21-41-45(39,40)42-22-8-18-38(6-2)28-15-11-26(12-16-28)32-34-30-36(4)20-24-44-30/h9-16,19-20,23-24H,5-8,17-18,21-22H2,1-4H3/q+2. The Kier molecular flexibility index (Phi) is 13.1. The summed E-state index contributed by atoms with van der Waals surface area (Å²) in [5.74, 6) is 0. The minimum atomic E-state index is -4.07. The minimum absolute atomic E-state index is 0.0402. The van der Waals surface area contributed by atoms with E-state index < -0.39 is 10.4 Å². The van der Waals surface area contributed by atoms with Gasteiger partial charge in [-0.2, -0.15) is 8.42 Å². The molecule has 0 amide bonds. The monoisotopic (exact) mass is 672 g/mol. The summed E-state index contributed by atoms with van der Waals surface area (Å²) in [6, 6.07) is 15.6. The lowest BCUT2D eigenvalue weighted by molar-refractivity contribution is -0.654. The summed E-state index contributed by atoms with van der Waals surface area (Å²) >= 11 is 3.05. The molecule has 0 bridgehead atoms. The smallest absolute Gasteiger partial charge is 0.372 e. The molecule has 0 saturated carbocycles. The third kappa shape index (κ3) is 10.7. The van der Waals surface area contributed by atoms with E-state index in [0.29, 0.717) is 25.9 Å². The summed E-state index contributed by atoms with van der Waals surface area (Å²) in [5.41, 5.74) is 3.56. The van der Waals surface area contributed by atoms with Gasteiger partial charge in [-0.15, -0.1) is 0 Å². The first-order chi connectivity index (χ1) is 21.8. The van der Waals surface area contributed by atoms with E-state index in [1.54, 1.807) is 0 Å². The Hall–Kier alpha value is -3.63. The van der Waals surface area contributed by atoms with Gasteiger partial charge in [0.05, 0.1) is 37.5 Å². The molecule has 0 fully saturated rings. The maximum Gasteiger partial charge on any atom is 0.408 e. The van der Waals surface area contributed by atoms with Gasteiger partial charge in [0.15, 0.2) is 0 Å². The molecule has 2 aromatic heterocycles. The van der Waals surface area contributed by atoms with E-state index >= 15 is 0 Å². The van der Waals surface area contributed by atoms with Crippen molar-refractivity contribution in [1.29, 1.82) is 0 Å². The SMILES string of the molecule is CCN(CCCOS(=O)(=O)OCCCN(CC)c1ccc(N=Nc2scc[n+]2C)cc1)c1ccc(N=Nc2scc[n+]2C)cc1. The summed E-state index contributed by atoms with van der Waals surface area (Å²) in [4.78, 5) is 4.30. The molecule has 12 nitrogen and oxygen atoms in total. The second kappa shape index (κ2) is 17.2. The molecule has 0 aliphatic rings. The van der Waals surface area contributed by atoms with Crippen LogP contribution in [0.3, 0.4) is 0 Å². The fourth-order valence-electron chi connectivity index (χ4n) is 4.31. The highest BCUT2D eigenvalue weighted by atomic mass is 32.3. The largest absolute Gasteiger partial charge is 0.408 e. The zero-order valence-corrected chi connectivity index (χ0v) is 28.5. The first-order valence-electron chi connectivity index (χ1n) is 14.7. The van der Waals surface area contributed by atoms with Crippen molar-refractivity contribution in [2.75, 3.05) is 49.2 Å². The summed E-state index contributed by atoms with van der Waals surface area (Å²) in [5, 5.41) is 22.7. The van der Waals surface area contributed by atoms with E-state index in [2.05, 4.69) is 44.1 Å². The molecule has 0 radical (unpaired) electrons. The predicted octanol–water partition coefficient (Wildman–Crippen LogP) is 6.70. The van der Waals surface area contributed by atoms with Crippen molar-refractivity contribution in [3.8, 4) is 0 Å². The quantitative estimate of drug-likeness (QED) is 0.0660. The van der Waals surface area contributed by atoms with Crippen molar-refractivity contribution >= 4 is 66.1 Å². The topological polar surface area (TPSA) is 116 Å². The first kappa shape index (κ1) is 34.2. The molecule has 0 aliphatic heterocycles. The third-order valence-electron chi connectivity index (χ3n) is 6.81. The van der Waals surface area contributed by atoms with Crippen LogP contribution in [-0.2, 0) is 32.9 Å². The van der Waals surface area contributed by atoms with E-state index in [1.807, 2.05) is 94.9 Å². The zero-order chi connectivity index (χ0) is 32.1. The Morgan fingerprint density at radius 1 is 0.667 bits per heavy atom. The number of benzene rings is 2. The van der Waals surface area contributed by atoms with E-state index in [1.165, 1.54) is 22.7 Å². The number of hydrogen-bond donors (Lipinski definition) is 0. The van der Waals surface area contributed by atoms with Crippen molar-refractivity contribution in [2.45, 2.75) is 26.7 Å². The Morgan fingerprint density at radius 2 is 1.07 bits per heavy atom. The second-order valence-corrected chi connectivity index (χ2v) is 13.0. The lowest BCUT2D eigenvalue weighted by Crippen LogP contribution is -2.26. The molecule has 45 heavy (non-hydrogen) atoms. The average molecular weight is 673 g/mol. The van der Waals surface area contributed by atoms with Crippen LogP contribution in [0.5, 0.6) is 0 Å². The molecule has 0 spiro atoms. The molecule has 0 aliphatic carbocycles. The molecule has 240 valence electrons. The molecular weight excluding hydrogens is 633 g/mol. The molecule has 15 heteroatoms. The van der Waals surface area contributed by atoms with E-state index in [9.17, 15) is 8.42 Å². The van der Waals surface area contributed by atoms with Crippen LogP contribution < -0.4 is 18.9 Å². The molecule has 0 N–H and O–H groups in total. The average Bonchev–Trinajstić information content (AvgIpc) is 3.66. The highest BCUT2D eigenvalue weighted by molar-refractivity contribution is 7.81. The van der Waals surface area contributed by atoms with Gasteiger partial charge in [0.1, 0.15) is 23.8 Å². The number of nitrogens with zero attached hydrogens (tertiary/aromatic N) is 8. The van der Waals surface area contributed by atoms with Crippen LogP contribution >= 0.6 is 22.7 Å². The first-order valence-corrected chi connectivity index (χ1v) is 17.8. The van der Waals surface area contributed by atoms with Crippen LogP contribution in [0.2, 0.25) is 0 Å². The van der Waals surface area contributed by atoms with Crippen LogP contribution in [0.25, 0.3) is 0 Å². The number of thiazole rings is 2. The number of rotatable bonds is 18. The normalized spacial score (nSPS) is 12.0. The number of aromatic nitrogens is 2. The third-order valence-corrected chi connectivity index (χ3v) is 9.40. The van der Waals surface area contributed by atoms with Gasteiger partial charge in [0, 0.05) is 48.3 Å². The van der Waals surface area contributed by atoms with Crippen molar-refractivity contribution in [3.63, 3.8) is 0 Å². The van der Waals surface area contributed by atoms with Gasteiger partial charge >= 0.3 is 20.7 Å². The van der Waals surface area contributed by atoms with Gasteiger partial charge in [-0.3, -0.25) is 0 Å². The molecule has 0 saturated heterocycles. The van der Waals surface area contributed by atoms with E-state index in [4.69, 9.17) is 8.37 Å². The molecule has 2 heterocycles. The maximum atomic E-state index is 12.3. The zero-order valence-electron chi connectivity index (χ0n) is 26.0. The highest BCUT2D eigenvalue weighted by Crippen LogP contribution is 2.24. The maximum absolute atomic E-state index is 12.3. The Labute approximate surface area is 273 Å². The predicted molar refractivity (Wildman–Crippen MR) is 178 cm³/mol. The fourth-order valence-corrected chi connectivity index (χ4v) is 6.39. The molecular formula is C30H40N8O4S3+2. The number of hydrogen-bond acceptors (Lipinski definition) is 12. The van der Waals surface area contributed by atoms with Gasteiger partial charge < -0.3 is 9.80 Å². The Bertz CT molecular complexity index is 1520. The van der Waals surface area contributed by atoms with Crippen molar-refractivity contribution in [2.24, 2.45) is 34.6 Å². The summed E-state index contributed by atoms with van der Waals surface area (Å²) < 4.78 is 38.6. The molecule has 4 aromatic rings. The number of azo groups is 2. The second-order valence-electron chi connectivity index (χ2n) is 9.94.